The summed E-state index contributed by atoms with van der Waals surface area (Å²) in [6.45, 7) is 4.23. The zero-order valence-electron chi connectivity index (χ0n) is 18.3. The molecule has 1 fully saturated rings. The van der Waals surface area contributed by atoms with E-state index in [1.165, 1.54) is 0 Å². The van der Waals surface area contributed by atoms with Gasteiger partial charge in [0, 0.05) is 17.5 Å². The van der Waals surface area contributed by atoms with Crippen LogP contribution in [-0.2, 0) is 5.41 Å². The fourth-order valence-corrected chi connectivity index (χ4v) is 3.74. The van der Waals surface area contributed by atoms with E-state index in [1.54, 1.807) is 12.1 Å². The van der Waals surface area contributed by atoms with E-state index < -0.39 is 11.8 Å². The highest BCUT2D eigenvalue weighted by atomic mass is 35.5. The SMILES string of the molecule is CC(C)(c1ccc(Oc2cc(F)cnc2C(=O)O)cc1)c1ccc(O[C@H]2C[C@H](N)C2)cc1.Cl. The fourth-order valence-electron chi connectivity index (χ4n) is 3.74. The van der Waals surface area contributed by atoms with Gasteiger partial charge in [-0.05, 0) is 48.2 Å². The summed E-state index contributed by atoms with van der Waals surface area (Å²) < 4.78 is 25.0. The van der Waals surface area contributed by atoms with Gasteiger partial charge in [-0.15, -0.1) is 12.4 Å². The van der Waals surface area contributed by atoms with Crippen LogP contribution >= 0.6 is 12.4 Å². The molecule has 0 unspecified atom stereocenters. The van der Waals surface area contributed by atoms with Gasteiger partial charge in [-0.3, -0.25) is 0 Å². The molecule has 3 N–H and O–H groups in total. The van der Waals surface area contributed by atoms with Crippen molar-refractivity contribution in [3.63, 3.8) is 0 Å². The molecule has 3 aromatic rings. The van der Waals surface area contributed by atoms with Crippen LogP contribution in [0.4, 0.5) is 4.39 Å². The molecule has 0 radical (unpaired) electrons. The Bertz CT molecular complexity index is 1110. The number of pyridine rings is 1. The molecule has 0 bridgehead atoms. The number of rotatable bonds is 7. The van der Waals surface area contributed by atoms with Gasteiger partial charge in [-0.25, -0.2) is 14.2 Å². The van der Waals surface area contributed by atoms with Crippen molar-refractivity contribution in [2.75, 3.05) is 0 Å². The Hall–Kier alpha value is -3.16. The van der Waals surface area contributed by atoms with Gasteiger partial charge < -0.3 is 20.3 Å². The molecule has 4 rings (SSSR count). The Balaban J connectivity index is 0.00000306. The second kappa shape index (κ2) is 9.77. The Morgan fingerprint density at radius 2 is 1.61 bits per heavy atom. The largest absolute Gasteiger partial charge is 0.490 e. The number of aromatic nitrogens is 1. The summed E-state index contributed by atoms with van der Waals surface area (Å²) >= 11 is 0. The van der Waals surface area contributed by atoms with Crippen molar-refractivity contribution in [2.24, 2.45) is 5.73 Å². The molecule has 0 atom stereocenters. The summed E-state index contributed by atoms with van der Waals surface area (Å²) in [5, 5.41) is 9.23. The van der Waals surface area contributed by atoms with Crippen LogP contribution in [0, 0.1) is 5.82 Å². The highest BCUT2D eigenvalue weighted by Gasteiger charge is 2.28. The number of carboxylic acid groups (broad SMARTS) is 1. The molecule has 1 aliphatic rings. The maximum atomic E-state index is 13.5. The minimum atomic E-state index is -1.29. The zero-order valence-corrected chi connectivity index (χ0v) is 19.1. The van der Waals surface area contributed by atoms with Gasteiger partial charge >= 0.3 is 5.97 Å². The molecule has 2 aromatic carbocycles. The van der Waals surface area contributed by atoms with Crippen molar-refractivity contribution in [1.29, 1.82) is 0 Å². The molecule has 1 heterocycles. The summed E-state index contributed by atoms with van der Waals surface area (Å²) in [6, 6.07) is 16.6. The monoisotopic (exact) mass is 472 g/mol. The number of nitrogens with two attached hydrogens (primary N) is 1. The van der Waals surface area contributed by atoms with Crippen LogP contribution in [0.15, 0.2) is 60.8 Å². The molecule has 6 nitrogen and oxygen atoms in total. The highest BCUT2D eigenvalue weighted by Crippen LogP contribution is 2.35. The maximum absolute atomic E-state index is 13.5. The van der Waals surface area contributed by atoms with E-state index in [9.17, 15) is 14.3 Å². The van der Waals surface area contributed by atoms with E-state index in [0.717, 1.165) is 42.0 Å². The van der Waals surface area contributed by atoms with E-state index in [1.807, 2.05) is 24.3 Å². The maximum Gasteiger partial charge on any atom is 0.358 e. The van der Waals surface area contributed by atoms with Crippen molar-refractivity contribution < 1.29 is 23.8 Å². The van der Waals surface area contributed by atoms with Gasteiger partial charge in [0.2, 0.25) is 0 Å². The van der Waals surface area contributed by atoms with Gasteiger partial charge in [0.1, 0.15) is 23.4 Å². The molecule has 174 valence electrons. The smallest absolute Gasteiger partial charge is 0.358 e. The van der Waals surface area contributed by atoms with Gasteiger partial charge in [-0.2, -0.15) is 0 Å². The minimum Gasteiger partial charge on any atom is -0.490 e. The van der Waals surface area contributed by atoms with E-state index in [0.29, 0.717) is 5.75 Å². The highest BCUT2D eigenvalue weighted by molar-refractivity contribution is 5.88. The van der Waals surface area contributed by atoms with Crippen LogP contribution in [0.5, 0.6) is 17.2 Å². The number of carboxylic acids is 1. The number of aromatic carboxylic acids is 1. The molecule has 1 aliphatic carbocycles. The number of ether oxygens (including phenoxy) is 2. The van der Waals surface area contributed by atoms with Gasteiger partial charge in [0.05, 0.1) is 6.20 Å². The number of halogens is 2. The lowest BCUT2D eigenvalue weighted by Crippen LogP contribution is -2.43. The fraction of sp³-hybridized carbons (Fsp3) is 0.280. The lowest BCUT2D eigenvalue weighted by molar-refractivity contribution is 0.0687. The Labute approximate surface area is 198 Å². The third-order valence-electron chi connectivity index (χ3n) is 5.84. The van der Waals surface area contributed by atoms with E-state index in [-0.39, 0.29) is 41.4 Å². The van der Waals surface area contributed by atoms with Crippen LogP contribution in [0.3, 0.4) is 0 Å². The zero-order chi connectivity index (χ0) is 22.9. The predicted molar refractivity (Wildman–Crippen MR) is 125 cm³/mol. The summed E-state index contributed by atoms with van der Waals surface area (Å²) in [5.41, 5.74) is 7.34. The van der Waals surface area contributed by atoms with E-state index >= 15 is 0 Å². The van der Waals surface area contributed by atoms with Gasteiger partial charge in [0.15, 0.2) is 11.4 Å². The molecule has 0 aliphatic heterocycles. The van der Waals surface area contributed by atoms with Crippen LogP contribution in [0.1, 0.15) is 48.3 Å². The van der Waals surface area contributed by atoms with Gasteiger partial charge in [0.25, 0.3) is 0 Å². The van der Waals surface area contributed by atoms with Crippen molar-refractivity contribution in [2.45, 2.75) is 44.2 Å². The van der Waals surface area contributed by atoms with Crippen molar-refractivity contribution >= 4 is 18.4 Å². The standard InChI is InChI=1S/C25H25FN2O4.ClH/c1-25(2,15-3-7-19(8-4-15)31-21-12-18(27)13-21)16-5-9-20(10-6-16)32-22-11-17(26)14-28-23(22)24(29)30;/h3-11,14,18,21H,12-13,27H2,1-2H3,(H,29,30);1H/t18-,21-;. The van der Waals surface area contributed by atoms with Crippen LogP contribution < -0.4 is 15.2 Å². The molecule has 33 heavy (non-hydrogen) atoms. The Morgan fingerprint density at radius 3 is 2.12 bits per heavy atom. The van der Waals surface area contributed by atoms with Crippen LogP contribution in [0.25, 0.3) is 0 Å². The summed E-state index contributed by atoms with van der Waals surface area (Å²) in [4.78, 5) is 14.9. The predicted octanol–water partition coefficient (Wildman–Crippen LogP) is 5.33. The van der Waals surface area contributed by atoms with Crippen LogP contribution in [-0.4, -0.2) is 28.2 Å². The first-order valence-corrected chi connectivity index (χ1v) is 10.4. The molecule has 0 saturated heterocycles. The quantitative estimate of drug-likeness (QED) is 0.482. The molecular formula is C25H26ClFN2O4. The number of benzene rings is 2. The average Bonchev–Trinajstić information content (AvgIpc) is 2.73. The number of nitrogens with zero attached hydrogens (tertiary/aromatic N) is 1. The van der Waals surface area contributed by atoms with E-state index in [2.05, 4.69) is 31.0 Å². The first-order valence-electron chi connectivity index (χ1n) is 10.4. The number of carbonyl (C=O) groups is 1. The Morgan fingerprint density at radius 1 is 1.06 bits per heavy atom. The van der Waals surface area contributed by atoms with Crippen molar-refractivity contribution in [1.82, 2.24) is 4.98 Å². The van der Waals surface area contributed by atoms with Gasteiger partial charge in [-0.1, -0.05) is 38.1 Å². The lowest BCUT2D eigenvalue weighted by atomic mass is 9.78. The normalized spacial score (nSPS) is 17.5. The van der Waals surface area contributed by atoms with Crippen molar-refractivity contribution in [3.8, 4) is 17.2 Å². The lowest BCUT2D eigenvalue weighted by Gasteiger charge is -2.33. The summed E-state index contributed by atoms with van der Waals surface area (Å²) in [6.07, 6.45) is 2.83. The minimum absolute atomic E-state index is 0. The molecule has 8 heteroatoms. The number of hydrogen-bond donors (Lipinski definition) is 2. The third kappa shape index (κ3) is 5.43. The average molecular weight is 473 g/mol. The molecular weight excluding hydrogens is 447 g/mol. The van der Waals surface area contributed by atoms with Crippen LogP contribution in [0.2, 0.25) is 0 Å². The molecule has 0 amide bonds. The second-order valence-electron chi connectivity index (χ2n) is 8.55. The summed E-state index contributed by atoms with van der Waals surface area (Å²) in [5.74, 6) is -0.877. The third-order valence-corrected chi connectivity index (χ3v) is 5.84. The summed E-state index contributed by atoms with van der Waals surface area (Å²) in [7, 11) is 0. The molecule has 0 spiro atoms. The van der Waals surface area contributed by atoms with E-state index in [4.69, 9.17) is 15.2 Å². The van der Waals surface area contributed by atoms with Crippen molar-refractivity contribution in [3.05, 3.63) is 83.4 Å². The Kier molecular flexibility index (Phi) is 7.25. The molecule has 1 aromatic heterocycles. The second-order valence-corrected chi connectivity index (χ2v) is 8.55. The topological polar surface area (TPSA) is 94.7 Å². The first-order chi connectivity index (χ1) is 15.2. The molecule has 1 saturated carbocycles. The number of hydrogen-bond acceptors (Lipinski definition) is 5. The first kappa shape index (κ1) is 24.5.